The van der Waals surface area contributed by atoms with Gasteiger partial charge in [-0.15, -0.1) is 0 Å². The molecule has 1 unspecified atom stereocenters. The van der Waals surface area contributed by atoms with E-state index in [1.54, 1.807) is 0 Å². The summed E-state index contributed by atoms with van der Waals surface area (Å²) in [4.78, 5) is 8.74. The third-order valence-corrected chi connectivity index (χ3v) is 3.10. The van der Waals surface area contributed by atoms with E-state index in [4.69, 9.17) is 0 Å². The van der Waals surface area contributed by atoms with Gasteiger partial charge in [-0.2, -0.15) is 0 Å². The second-order valence-electron chi connectivity index (χ2n) is 3.98. The van der Waals surface area contributed by atoms with Crippen LogP contribution in [0.15, 0.2) is 35.3 Å². The van der Waals surface area contributed by atoms with Crippen LogP contribution in [0.4, 0.5) is 0 Å². The molecule has 2 heterocycles. The molecule has 0 radical (unpaired) electrons. The molecule has 0 aromatic carbocycles. The molecule has 5 heteroatoms. The molecular formula is C12H15BrN4. The molecule has 2 rings (SSSR count). The third kappa shape index (κ3) is 3.14. The number of imidazole rings is 1. The Morgan fingerprint density at radius 3 is 2.76 bits per heavy atom. The Morgan fingerprint density at radius 2 is 2.24 bits per heavy atom. The largest absolute Gasteiger partial charge is 0.340 e. The van der Waals surface area contributed by atoms with E-state index in [1.807, 2.05) is 49.5 Å². The highest BCUT2D eigenvalue weighted by molar-refractivity contribution is 9.10. The number of nitrogens with one attached hydrogen (secondary N) is 1. The van der Waals surface area contributed by atoms with Crippen LogP contribution in [-0.2, 0) is 13.5 Å². The second kappa shape index (κ2) is 5.42. The molecule has 0 saturated carbocycles. The molecular weight excluding hydrogens is 280 g/mol. The molecule has 90 valence electrons. The van der Waals surface area contributed by atoms with Crippen molar-refractivity contribution < 1.29 is 0 Å². The molecule has 0 aliphatic carbocycles. The Balaban J connectivity index is 2.12. The third-order valence-electron chi connectivity index (χ3n) is 2.63. The van der Waals surface area contributed by atoms with Crippen molar-refractivity contribution in [1.29, 1.82) is 0 Å². The van der Waals surface area contributed by atoms with Gasteiger partial charge in [0.05, 0.1) is 18.1 Å². The van der Waals surface area contributed by atoms with Crippen molar-refractivity contribution in [2.45, 2.75) is 12.5 Å². The summed E-state index contributed by atoms with van der Waals surface area (Å²) in [6.45, 7) is 0. The van der Waals surface area contributed by atoms with Crippen molar-refractivity contribution >= 4 is 15.9 Å². The first kappa shape index (κ1) is 12.3. The summed E-state index contributed by atoms with van der Waals surface area (Å²) in [6, 6.07) is 4.23. The second-order valence-corrected chi connectivity index (χ2v) is 4.89. The zero-order valence-corrected chi connectivity index (χ0v) is 11.5. The first-order valence-corrected chi connectivity index (χ1v) is 6.24. The SMILES string of the molecule is CNC(Cc1ccc(Br)cn1)c1cn(C)cn1. The Bertz CT molecular complexity index is 478. The van der Waals surface area contributed by atoms with Crippen molar-refractivity contribution in [2.24, 2.45) is 7.05 Å². The first-order valence-electron chi connectivity index (χ1n) is 5.44. The van der Waals surface area contributed by atoms with Crippen molar-refractivity contribution in [2.75, 3.05) is 7.05 Å². The summed E-state index contributed by atoms with van der Waals surface area (Å²) >= 11 is 3.38. The minimum atomic E-state index is 0.199. The van der Waals surface area contributed by atoms with E-state index in [0.717, 1.165) is 22.3 Å². The van der Waals surface area contributed by atoms with E-state index >= 15 is 0 Å². The maximum Gasteiger partial charge on any atom is 0.0947 e. The topological polar surface area (TPSA) is 42.7 Å². The average Bonchev–Trinajstić information content (AvgIpc) is 2.75. The Hall–Kier alpha value is -1.20. The normalized spacial score (nSPS) is 12.6. The van der Waals surface area contributed by atoms with Gasteiger partial charge in [-0.25, -0.2) is 4.98 Å². The van der Waals surface area contributed by atoms with Crippen molar-refractivity contribution in [3.63, 3.8) is 0 Å². The van der Waals surface area contributed by atoms with E-state index in [2.05, 4.69) is 31.2 Å². The maximum absolute atomic E-state index is 4.38. The lowest BCUT2D eigenvalue weighted by atomic mass is 10.1. The van der Waals surface area contributed by atoms with Crippen LogP contribution in [0.3, 0.4) is 0 Å². The molecule has 2 aromatic heterocycles. The fourth-order valence-electron chi connectivity index (χ4n) is 1.70. The zero-order valence-electron chi connectivity index (χ0n) is 9.89. The molecule has 17 heavy (non-hydrogen) atoms. The lowest BCUT2D eigenvalue weighted by molar-refractivity contribution is 0.571. The highest BCUT2D eigenvalue weighted by atomic mass is 79.9. The fraction of sp³-hybridized carbons (Fsp3) is 0.333. The molecule has 4 nitrogen and oxygen atoms in total. The monoisotopic (exact) mass is 294 g/mol. The van der Waals surface area contributed by atoms with Gasteiger partial charge in [-0.1, -0.05) is 0 Å². The molecule has 0 aliphatic heterocycles. The molecule has 0 amide bonds. The quantitative estimate of drug-likeness (QED) is 0.939. The Labute approximate surface area is 109 Å². The van der Waals surface area contributed by atoms with E-state index in [9.17, 15) is 0 Å². The lowest BCUT2D eigenvalue weighted by Gasteiger charge is -2.13. The summed E-state index contributed by atoms with van der Waals surface area (Å²) in [5.74, 6) is 0. The number of aryl methyl sites for hydroxylation is 1. The van der Waals surface area contributed by atoms with Crippen molar-refractivity contribution in [1.82, 2.24) is 19.9 Å². The number of halogens is 1. The minimum absolute atomic E-state index is 0.199. The lowest BCUT2D eigenvalue weighted by Crippen LogP contribution is -2.19. The Morgan fingerprint density at radius 1 is 1.41 bits per heavy atom. The van der Waals surface area contributed by atoms with Gasteiger partial charge in [0.25, 0.3) is 0 Å². The van der Waals surface area contributed by atoms with E-state index in [1.165, 1.54) is 0 Å². The number of hydrogen-bond donors (Lipinski definition) is 1. The van der Waals surface area contributed by atoms with Gasteiger partial charge < -0.3 is 9.88 Å². The molecule has 0 fully saturated rings. The van der Waals surface area contributed by atoms with Crippen LogP contribution < -0.4 is 5.32 Å². The van der Waals surface area contributed by atoms with Gasteiger partial charge in [0, 0.05) is 36.0 Å². The molecule has 1 atom stereocenters. The van der Waals surface area contributed by atoms with E-state index in [0.29, 0.717) is 0 Å². The van der Waals surface area contributed by atoms with Crippen LogP contribution in [0.2, 0.25) is 0 Å². The summed E-state index contributed by atoms with van der Waals surface area (Å²) in [5, 5.41) is 3.27. The fourth-order valence-corrected chi connectivity index (χ4v) is 1.94. The summed E-state index contributed by atoms with van der Waals surface area (Å²) in [6.07, 6.45) is 6.50. The summed E-state index contributed by atoms with van der Waals surface area (Å²) in [7, 11) is 3.92. The zero-order chi connectivity index (χ0) is 12.3. The van der Waals surface area contributed by atoms with Gasteiger partial charge in [0.1, 0.15) is 0 Å². The van der Waals surface area contributed by atoms with Crippen LogP contribution in [0.25, 0.3) is 0 Å². The van der Waals surface area contributed by atoms with Crippen LogP contribution in [0.1, 0.15) is 17.4 Å². The molecule has 0 saturated heterocycles. The van der Waals surface area contributed by atoms with Crippen LogP contribution >= 0.6 is 15.9 Å². The predicted molar refractivity (Wildman–Crippen MR) is 70.6 cm³/mol. The number of aromatic nitrogens is 3. The number of likely N-dealkylation sites (N-methyl/N-ethyl adjacent to an activating group) is 1. The number of rotatable bonds is 4. The molecule has 0 spiro atoms. The number of hydrogen-bond acceptors (Lipinski definition) is 3. The smallest absolute Gasteiger partial charge is 0.0947 e. The van der Waals surface area contributed by atoms with Gasteiger partial charge in [0.15, 0.2) is 0 Å². The van der Waals surface area contributed by atoms with Gasteiger partial charge in [-0.05, 0) is 35.1 Å². The number of nitrogens with zero attached hydrogens (tertiary/aromatic N) is 3. The highest BCUT2D eigenvalue weighted by Crippen LogP contribution is 2.16. The van der Waals surface area contributed by atoms with Gasteiger partial charge in [-0.3, -0.25) is 4.98 Å². The maximum atomic E-state index is 4.38. The van der Waals surface area contributed by atoms with Crippen LogP contribution in [-0.4, -0.2) is 21.6 Å². The molecule has 2 aromatic rings. The average molecular weight is 295 g/mol. The van der Waals surface area contributed by atoms with Gasteiger partial charge in [0.2, 0.25) is 0 Å². The van der Waals surface area contributed by atoms with Crippen molar-refractivity contribution in [3.8, 4) is 0 Å². The minimum Gasteiger partial charge on any atom is -0.340 e. The van der Waals surface area contributed by atoms with Crippen LogP contribution in [0, 0.1) is 0 Å². The van der Waals surface area contributed by atoms with E-state index in [-0.39, 0.29) is 6.04 Å². The predicted octanol–water partition coefficient (Wildman–Crippen LogP) is 2.08. The first-order chi connectivity index (χ1) is 8.19. The standard InChI is InChI=1S/C12H15BrN4/c1-14-11(12-7-17(2)8-16-12)5-10-4-3-9(13)6-15-10/h3-4,6-8,11,14H,5H2,1-2H3. The number of pyridine rings is 1. The van der Waals surface area contributed by atoms with Crippen molar-refractivity contribution in [3.05, 3.63) is 46.7 Å². The van der Waals surface area contributed by atoms with E-state index < -0.39 is 0 Å². The summed E-state index contributed by atoms with van der Waals surface area (Å²) in [5.41, 5.74) is 2.10. The van der Waals surface area contributed by atoms with Gasteiger partial charge >= 0.3 is 0 Å². The van der Waals surface area contributed by atoms with Crippen LogP contribution in [0.5, 0.6) is 0 Å². The summed E-state index contributed by atoms with van der Waals surface area (Å²) < 4.78 is 2.95. The highest BCUT2D eigenvalue weighted by Gasteiger charge is 2.13. The molecule has 1 N–H and O–H groups in total. The molecule has 0 aliphatic rings. The molecule has 0 bridgehead atoms. The Kier molecular flexibility index (Phi) is 3.91.